The summed E-state index contributed by atoms with van der Waals surface area (Å²) < 4.78 is 0.851. The van der Waals surface area contributed by atoms with Crippen molar-refractivity contribution in [2.45, 2.75) is 45.6 Å². The van der Waals surface area contributed by atoms with Crippen molar-refractivity contribution in [2.24, 2.45) is 5.92 Å². The van der Waals surface area contributed by atoms with Gasteiger partial charge >= 0.3 is 0 Å². The Morgan fingerprint density at radius 1 is 1.35 bits per heavy atom. The van der Waals surface area contributed by atoms with Gasteiger partial charge in [0.2, 0.25) is 0 Å². The van der Waals surface area contributed by atoms with Gasteiger partial charge in [-0.1, -0.05) is 54.2 Å². The molecular weight excluding hydrogens is 338 g/mol. The molecule has 0 aromatic heterocycles. The van der Waals surface area contributed by atoms with Crippen LogP contribution in [0.1, 0.15) is 49.9 Å². The van der Waals surface area contributed by atoms with E-state index in [4.69, 9.17) is 11.6 Å². The second-order valence-corrected chi connectivity index (χ2v) is 7.30. The van der Waals surface area contributed by atoms with Crippen molar-refractivity contribution < 1.29 is 4.79 Å². The van der Waals surface area contributed by atoms with Crippen LogP contribution < -0.4 is 0 Å². The van der Waals surface area contributed by atoms with Gasteiger partial charge in [0.05, 0.1) is 0 Å². The van der Waals surface area contributed by atoms with E-state index in [2.05, 4.69) is 34.7 Å². The van der Waals surface area contributed by atoms with E-state index in [0.717, 1.165) is 23.9 Å². The van der Waals surface area contributed by atoms with E-state index in [1.807, 2.05) is 6.07 Å². The zero-order chi connectivity index (χ0) is 14.7. The highest BCUT2D eigenvalue weighted by Gasteiger charge is 2.28. The Balaban J connectivity index is 2.24. The van der Waals surface area contributed by atoms with Gasteiger partial charge in [-0.05, 0) is 37.0 Å². The van der Waals surface area contributed by atoms with Crippen molar-refractivity contribution in [3.8, 4) is 0 Å². The molecule has 1 aliphatic carbocycles. The van der Waals surface area contributed by atoms with E-state index >= 15 is 0 Å². The van der Waals surface area contributed by atoms with E-state index in [9.17, 15) is 4.79 Å². The number of halogens is 2. The average molecular weight is 359 g/mol. The van der Waals surface area contributed by atoms with Crippen LogP contribution in [0.25, 0.3) is 0 Å². The van der Waals surface area contributed by atoms with Gasteiger partial charge in [0.1, 0.15) is 0 Å². The molecule has 1 aliphatic rings. The molecule has 1 saturated carbocycles. The lowest BCUT2D eigenvalue weighted by molar-refractivity contribution is 0.0655. The predicted molar refractivity (Wildman–Crippen MR) is 87.3 cm³/mol. The molecule has 1 amide bonds. The molecule has 1 aromatic carbocycles. The number of carbonyl (C=O) groups excluding carboxylic acids is 1. The monoisotopic (exact) mass is 357 g/mol. The molecule has 2 rings (SSSR count). The first kappa shape index (κ1) is 15.8. The van der Waals surface area contributed by atoms with Crippen LogP contribution >= 0.6 is 27.5 Å². The SMILES string of the molecule is CC(C)CN(C(=O)c1cc(Cl)cc(Br)c1)C1CCCC1. The van der Waals surface area contributed by atoms with Gasteiger partial charge in [0.15, 0.2) is 0 Å². The molecule has 1 fully saturated rings. The maximum absolute atomic E-state index is 12.8. The number of hydrogen-bond donors (Lipinski definition) is 0. The van der Waals surface area contributed by atoms with Crippen molar-refractivity contribution in [1.29, 1.82) is 0 Å². The minimum absolute atomic E-state index is 0.105. The van der Waals surface area contributed by atoms with Crippen LogP contribution in [0.3, 0.4) is 0 Å². The molecule has 0 bridgehead atoms. The Morgan fingerprint density at radius 2 is 2.00 bits per heavy atom. The molecule has 0 spiro atoms. The lowest BCUT2D eigenvalue weighted by Crippen LogP contribution is -2.41. The largest absolute Gasteiger partial charge is 0.335 e. The molecular formula is C16H21BrClNO. The maximum Gasteiger partial charge on any atom is 0.254 e. The minimum atomic E-state index is 0.105. The lowest BCUT2D eigenvalue weighted by Gasteiger charge is -2.31. The fourth-order valence-electron chi connectivity index (χ4n) is 2.85. The summed E-state index contributed by atoms with van der Waals surface area (Å²) in [6.07, 6.45) is 4.71. The number of nitrogens with zero attached hydrogens (tertiary/aromatic N) is 1. The number of carbonyl (C=O) groups is 1. The third-order valence-corrected chi connectivity index (χ3v) is 4.37. The molecule has 0 saturated heterocycles. The van der Waals surface area contributed by atoms with Crippen molar-refractivity contribution in [3.63, 3.8) is 0 Å². The van der Waals surface area contributed by atoms with Crippen LogP contribution in [0.2, 0.25) is 5.02 Å². The molecule has 0 heterocycles. The molecule has 0 unspecified atom stereocenters. The first-order valence-corrected chi connectivity index (χ1v) is 8.41. The smallest absolute Gasteiger partial charge is 0.254 e. The Kier molecular flexibility index (Phi) is 5.50. The number of rotatable bonds is 4. The first-order chi connectivity index (χ1) is 9.47. The fourth-order valence-corrected chi connectivity index (χ4v) is 3.71. The summed E-state index contributed by atoms with van der Waals surface area (Å²) in [5.74, 6) is 0.580. The van der Waals surface area contributed by atoms with Crippen LogP contribution in [0.4, 0.5) is 0 Å². The van der Waals surface area contributed by atoms with Crippen LogP contribution in [0.5, 0.6) is 0 Å². The van der Waals surface area contributed by atoms with Crippen LogP contribution in [0, 0.1) is 5.92 Å². The lowest BCUT2D eigenvalue weighted by atomic mass is 10.1. The molecule has 1 aromatic rings. The van der Waals surface area contributed by atoms with Gasteiger partial charge in [-0.2, -0.15) is 0 Å². The van der Waals surface area contributed by atoms with E-state index in [0.29, 0.717) is 22.5 Å². The molecule has 110 valence electrons. The molecule has 4 heteroatoms. The summed E-state index contributed by atoms with van der Waals surface area (Å²) in [5, 5.41) is 0.596. The molecule has 2 nitrogen and oxygen atoms in total. The normalized spacial score (nSPS) is 15.8. The van der Waals surface area contributed by atoms with E-state index < -0.39 is 0 Å². The van der Waals surface area contributed by atoms with Gasteiger partial charge in [0, 0.05) is 27.6 Å². The predicted octanol–water partition coefficient (Wildman–Crippen LogP) is 5.14. The van der Waals surface area contributed by atoms with Crippen LogP contribution in [-0.2, 0) is 0 Å². The quantitative estimate of drug-likeness (QED) is 0.729. The summed E-state index contributed by atoms with van der Waals surface area (Å²) in [5.41, 5.74) is 0.678. The van der Waals surface area contributed by atoms with E-state index in [1.165, 1.54) is 12.8 Å². The summed E-state index contributed by atoms with van der Waals surface area (Å²) in [6.45, 7) is 5.12. The summed E-state index contributed by atoms with van der Waals surface area (Å²) in [6, 6.07) is 5.82. The summed E-state index contributed by atoms with van der Waals surface area (Å²) >= 11 is 9.47. The standard InChI is InChI=1S/C16H21BrClNO/c1-11(2)10-19(15-5-3-4-6-15)16(20)12-7-13(17)9-14(18)8-12/h7-9,11,15H,3-6,10H2,1-2H3. The van der Waals surface area contributed by atoms with E-state index in [-0.39, 0.29) is 5.91 Å². The second-order valence-electron chi connectivity index (χ2n) is 5.95. The van der Waals surface area contributed by atoms with Gasteiger partial charge in [0.25, 0.3) is 5.91 Å². The molecule has 20 heavy (non-hydrogen) atoms. The fraction of sp³-hybridized carbons (Fsp3) is 0.562. The highest BCUT2D eigenvalue weighted by molar-refractivity contribution is 9.10. The third-order valence-electron chi connectivity index (χ3n) is 3.70. The minimum Gasteiger partial charge on any atom is -0.335 e. The zero-order valence-corrected chi connectivity index (χ0v) is 14.4. The average Bonchev–Trinajstić information content (AvgIpc) is 2.87. The Bertz CT molecular complexity index is 463. The van der Waals surface area contributed by atoms with Crippen LogP contribution in [0.15, 0.2) is 22.7 Å². The first-order valence-electron chi connectivity index (χ1n) is 7.24. The highest BCUT2D eigenvalue weighted by atomic mass is 79.9. The highest BCUT2D eigenvalue weighted by Crippen LogP contribution is 2.27. The van der Waals surface area contributed by atoms with Gasteiger partial charge in [-0.25, -0.2) is 0 Å². The number of benzene rings is 1. The molecule has 0 aliphatic heterocycles. The van der Waals surface area contributed by atoms with Crippen molar-refractivity contribution in [3.05, 3.63) is 33.3 Å². The van der Waals surface area contributed by atoms with Crippen molar-refractivity contribution >= 4 is 33.4 Å². The molecule has 0 atom stereocenters. The van der Waals surface area contributed by atoms with Crippen LogP contribution in [-0.4, -0.2) is 23.4 Å². The van der Waals surface area contributed by atoms with Gasteiger partial charge < -0.3 is 4.90 Å². The molecule has 0 N–H and O–H groups in total. The molecule has 0 radical (unpaired) electrons. The number of amides is 1. The third kappa shape index (κ3) is 3.98. The van der Waals surface area contributed by atoms with Gasteiger partial charge in [-0.15, -0.1) is 0 Å². The van der Waals surface area contributed by atoms with Crippen molar-refractivity contribution in [2.75, 3.05) is 6.54 Å². The number of hydrogen-bond acceptors (Lipinski definition) is 1. The zero-order valence-electron chi connectivity index (χ0n) is 12.0. The summed E-state index contributed by atoms with van der Waals surface area (Å²) in [7, 11) is 0. The van der Waals surface area contributed by atoms with E-state index in [1.54, 1.807) is 12.1 Å². The second kappa shape index (κ2) is 6.95. The summed E-state index contributed by atoms with van der Waals surface area (Å²) in [4.78, 5) is 14.9. The van der Waals surface area contributed by atoms with Gasteiger partial charge in [-0.3, -0.25) is 4.79 Å². The Labute approximate surface area is 134 Å². The Morgan fingerprint density at radius 3 is 2.55 bits per heavy atom. The van der Waals surface area contributed by atoms with Crippen molar-refractivity contribution in [1.82, 2.24) is 4.90 Å². The maximum atomic E-state index is 12.8. The topological polar surface area (TPSA) is 20.3 Å². The Hall–Kier alpha value is -0.540.